The minimum Gasteiger partial charge on any atom is -0.317 e. The van der Waals surface area contributed by atoms with E-state index >= 15 is 0 Å². The summed E-state index contributed by atoms with van der Waals surface area (Å²) < 4.78 is 2.32. The number of aryl methyl sites for hydroxylation is 3. The maximum Gasteiger partial charge on any atom is 0.267 e. The number of thioether (sulfide) groups is 1. The van der Waals surface area contributed by atoms with Gasteiger partial charge in [0.2, 0.25) is 0 Å². The average molecular weight is 498 g/mol. The molecule has 1 aliphatic heterocycles. The van der Waals surface area contributed by atoms with Crippen molar-refractivity contribution in [3.8, 4) is 5.69 Å². The van der Waals surface area contributed by atoms with E-state index in [1.165, 1.54) is 40.7 Å². The van der Waals surface area contributed by atoms with Crippen LogP contribution in [-0.2, 0) is 4.79 Å². The van der Waals surface area contributed by atoms with E-state index in [2.05, 4.69) is 69.5 Å². The highest BCUT2D eigenvalue weighted by atomic mass is 32.2. The molecule has 1 aromatic heterocycles. The second kappa shape index (κ2) is 10.1. The number of carbonyl (C=O) groups excluding carboxylic acids is 1. The van der Waals surface area contributed by atoms with E-state index in [4.69, 9.17) is 4.99 Å². The van der Waals surface area contributed by atoms with Gasteiger partial charge in [0, 0.05) is 17.4 Å². The van der Waals surface area contributed by atoms with Gasteiger partial charge >= 0.3 is 0 Å². The Labute approximate surface area is 219 Å². The molecule has 0 bridgehead atoms. The zero-order valence-electron chi connectivity index (χ0n) is 21.9. The molecule has 0 spiro atoms. The van der Waals surface area contributed by atoms with Crippen LogP contribution in [0.15, 0.2) is 64.5 Å². The van der Waals surface area contributed by atoms with Crippen LogP contribution in [0.1, 0.15) is 60.7 Å². The first-order valence-corrected chi connectivity index (χ1v) is 13.8. The molecule has 2 fully saturated rings. The molecular formula is C31H35N3OS. The lowest BCUT2D eigenvalue weighted by atomic mass is 9.85. The maximum absolute atomic E-state index is 13.9. The molecule has 1 amide bonds. The predicted octanol–water partition coefficient (Wildman–Crippen LogP) is 7.89. The summed E-state index contributed by atoms with van der Waals surface area (Å²) in [5.74, 6) is 0.558. The van der Waals surface area contributed by atoms with Crippen molar-refractivity contribution in [2.75, 3.05) is 0 Å². The first kappa shape index (κ1) is 24.6. The number of aromatic nitrogens is 1. The van der Waals surface area contributed by atoms with E-state index < -0.39 is 0 Å². The summed E-state index contributed by atoms with van der Waals surface area (Å²) >= 11 is 1.52. The summed E-state index contributed by atoms with van der Waals surface area (Å²) in [6.45, 7) is 10.9. The second-order valence-corrected chi connectivity index (χ2v) is 11.3. The largest absolute Gasteiger partial charge is 0.317 e. The molecule has 1 saturated carbocycles. The minimum atomic E-state index is 0.0882. The first-order valence-electron chi connectivity index (χ1n) is 13.0. The normalized spacial score (nSPS) is 22.7. The highest BCUT2D eigenvalue weighted by Gasteiger charge is 2.41. The number of para-hydroxylation sites is 2. The molecule has 1 aliphatic carbocycles. The van der Waals surface area contributed by atoms with Crippen LogP contribution >= 0.6 is 11.8 Å². The Hall–Kier alpha value is -3.05. The Balaban J connectivity index is 1.56. The first-order chi connectivity index (χ1) is 17.3. The molecule has 2 atom stereocenters. The SMILES string of the molecule is Cc1cccc(C)c1-n1c(C)cc(/C=C2\SC(=Nc3ccccc3)N([C@H]3CCCC[C@@H]3C)C2=O)c1C. The van der Waals surface area contributed by atoms with Crippen LogP contribution in [0.25, 0.3) is 11.8 Å². The van der Waals surface area contributed by atoms with Gasteiger partial charge in [0.05, 0.1) is 16.3 Å². The summed E-state index contributed by atoms with van der Waals surface area (Å²) in [5.41, 5.74) is 8.01. The lowest BCUT2D eigenvalue weighted by Gasteiger charge is -2.35. The fourth-order valence-electron chi connectivity index (χ4n) is 5.73. The van der Waals surface area contributed by atoms with E-state index in [0.29, 0.717) is 5.92 Å². The third-order valence-corrected chi connectivity index (χ3v) is 8.62. The van der Waals surface area contributed by atoms with Crippen LogP contribution in [0.3, 0.4) is 0 Å². The van der Waals surface area contributed by atoms with Gasteiger partial charge in [-0.15, -0.1) is 0 Å². The quantitative estimate of drug-likeness (QED) is 0.344. The van der Waals surface area contributed by atoms with Gasteiger partial charge < -0.3 is 4.57 Å². The van der Waals surface area contributed by atoms with Crippen LogP contribution in [0.2, 0.25) is 0 Å². The number of hydrogen-bond acceptors (Lipinski definition) is 3. The Morgan fingerprint density at radius 1 is 0.944 bits per heavy atom. The molecule has 0 unspecified atom stereocenters. The van der Waals surface area contributed by atoms with Gasteiger partial charge in [0.1, 0.15) is 0 Å². The number of aliphatic imine (C=N–C) groups is 1. The molecule has 36 heavy (non-hydrogen) atoms. The number of nitrogens with zero attached hydrogens (tertiary/aromatic N) is 3. The van der Waals surface area contributed by atoms with Crippen LogP contribution in [0, 0.1) is 33.6 Å². The van der Waals surface area contributed by atoms with Crippen LogP contribution in [0.5, 0.6) is 0 Å². The van der Waals surface area contributed by atoms with Crippen molar-refractivity contribution >= 4 is 34.6 Å². The molecule has 0 radical (unpaired) electrons. The van der Waals surface area contributed by atoms with Crippen LogP contribution in [0.4, 0.5) is 5.69 Å². The standard InChI is InChI=1S/C31H35N3OS/c1-20-12-9-10-17-27(20)34-30(35)28(36-31(34)32-26-15-7-6-8-16-26)19-25-18-23(4)33(24(25)5)29-21(2)13-11-14-22(29)3/h6-8,11,13-16,18-20,27H,9-10,12,17H2,1-5H3/b28-19-,32-31?/t20-,27-/m0/s1. The van der Waals surface area contributed by atoms with E-state index in [-0.39, 0.29) is 11.9 Å². The van der Waals surface area contributed by atoms with Crippen molar-refractivity contribution in [2.24, 2.45) is 10.9 Å². The van der Waals surface area contributed by atoms with Crippen LogP contribution < -0.4 is 0 Å². The molecule has 2 heterocycles. The lowest BCUT2D eigenvalue weighted by Crippen LogP contribution is -2.44. The molecule has 5 heteroatoms. The van der Waals surface area contributed by atoms with Gasteiger partial charge in [0.15, 0.2) is 5.17 Å². The van der Waals surface area contributed by atoms with Gasteiger partial charge in [-0.3, -0.25) is 9.69 Å². The van der Waals surface area contributed by atoms with Gasteiger partial charge in [-0.05, 0) is 99.2 Å². The maximum atomic E-state index is 13.9. The van der Waals surface area contributed by atoms with E-state index in [1.54, 1.807) is 0 Å². The number of amidine groups is 1. The van der Waals surface area contributed by atoms with Crippen molar-refractivity contribution in [2.45, 2.75) is 66.3 Å². The molecule has 5 rings (SSSR count). The van der Waals surface area contributed by atoms with Crippen LogP contribution in [-0.4, -0.2) is 26.6 Å². The lowest BCUT2D eigenvalue weighted by molar-refractivity contribution is -0.124. The summed E-state index contributed by atoms with van der Waals surface area (Å²) in [4.78, 5) is 21.6. The third-order valence-electron chi connectivity index (χ3n) is 7.64. The van der Waals surface area contributed by atoms with Crippen molar-refractivity contribution in [3.05, 3.63) is 87.6 Å². The highest BCUT2D eigenvalue weighted by molar-refractivity contribution is 8.18. The third kappa shape index (κ3) is 4.57. The number of carbonyl (C=O) groups is 1. The van der Waals surface area contributed by atoms with Crippen molar-refractivity contribution in [1.29, 1.82) is 0 Å². The van der Waals surface area contributed by atoms with E-state index in [9.17, 15) is 4.79 Å². The predicted molar refractivity (Wildman–Crippen MR) is 152 cm³/mol. The number of amides is 1. The fourth-order valence-corrected chi connectivity index (χ4v) is 6.76. The molecule has 0 N–H and O–H groups in total. The molecule has 2 aromatic carbocycles. The Morgan fingerprint density at radius 2 is 1.64 bits per heavy atom. The Morgan fingerprint density at radius 3 is 2.33 bits per heavy atom. The zero-order chi connectivity index (χ0) is 25.4. The molecule has 4 nitrogen and oxygen atoms in total. The van der Waals surface area contributed by atoms with E-state index in [0.717, 1.165) is 46.3 Å². The minimum absolute atomic E-state index is 0.0882. The van der Waals surface area contributed by atoms with E-state index in [1.807, 2.05) is 35.2 Å². The monoisotopic (exact) mass is 497 g/mol. The van der Waals surface area contributed by atoms with Crippen molar-refractivity contribution in [1.82, 2.24) is 9.47 Å². The average Bonchev–Trinajstić information content (AvgIpc) is 3.30. The molecule has 2 aliphatic rings. The van der Waals surface area contributed by atoms with Gasteiger partial charge in [0.25, 0.3) is 5.91 Å². The zero-order valence-corrected chi connectivity index (χ0v) is 22.7. The summed E-state index contributed by atoms with van der Waals surface area (Å²) in [7, 11) is 0. The Kier molecular flexibility index (Phi) is 6.94. The Bertz CT molecular complexity index is 1330. The topological polar surface area (TPSA) is 37.6 Å². The van der Waals surface area contributed by atoms with Crippen molar-refractivity contribution in [3.63, 3.8) is 0 Å². The molecule has 186 valence electrons. The van der Waals surface area contributed by atoms with Crippen molar-refractivity contribution < 1.29 is 4.79 Å². The van der Waals surface area contributed by atoms with Gasteiger partial charge in [-0.25, -0.2) is 4.99 Å². The van der Waals surface area contributed by atoms with Gasteiger partial charge in [-0.1, -0.05) is 56.2 Å². The number of rotatable bonds is 4. The highest BCUT2D eigenvalue weighted by Crippen LogP contribution is 2.40. The molecule has 1 saturated heterocycles. The molecular weight excluding hydrogens is 462 g/mol. The number of hydrogen-bond donors (Lipinski definition) is 0. The summed E-state index contributed by atoms with van der Waals surface area (Å²) in [6, 6.07) is 18.8. The van der Waals surface area contributed by atoms with Gasteiger partial charge in [-0.2, -0.15) is 0 Å². The fraction of sp³-hybridized carbons (Fsp3) is 0.355. The number of benzene rings is 2. The summed E-state index contributed by atoms with van der Waals surface area (Å²) in [6.07, 6.45) is 6.68. The summed E-state index contributed by atoms with van der Waals surface area (Å²) in [5, 5.41) is 0.805. The second-order valence-electron chi connectivity index (χ2n) is 10.2. The smallest absolute Gasteiger partial charge is 0.267 e. The molecule has 3 aromatic rings.